The highest BCUT2D eigenvalue weighted by Gasteiger charge is 2.01. The number of hydrogen-bond donors (Lipinski definition) is 0. The minimum Gasteiger partial charge on any atom is -0.466 e. The number of rotatable bonds is 9. The van der Waals surface area contributed by atoms with E-state index >= 15 is 0 Å². The zero-order chi connectivity index (χ0) is 11.4. The summed E-state index contributed by atoms with van der Waals surface area (Å²) in [6.45, 7) is 0.453. The van der Waals surface area contributed by atoms with E-state index in [1.165, 1.54) is 0 Å². The van der Waals surface area contributed by atoms with Crippen LogP contribution in [-0.2, 0) is 14.3 Å². The summed E-state index contributed by atoms with van der Waals surface area (Å²) in [5.41, 5.74) is 0. The zero-order valence-corrected chi connectivity index (χ0v) is 9.04. The Bertz CT molecular complexity index is 215. The maximum absolute atomic E-state index is 11.1. The lowest BCUT2D eigenvalue weighted by Gasteiger charge is -2.03. The van der Waals surface area contributed by atoms with Crippen molar-refractivity contribution in [1.82, 2.24) is 0 Å². The van der Waals surface area contributed by atoms with Crippen LogP contribution in [0.3, 0.4) is 0 Å². The highest BCUT2D eigenvalue weighted by atomic mass is 16.5. The number of esters is 1. The van der Waals surface area contributed by atoms with Crippen molar-refractivity contribution < 1.29 is 14.3 Å². The topological polar surface area (TPSA) is 43.4 Å². The van der Waals surface area contributed by atoms with E-state index in [2.05, 4.69) is 5.92 Å². The Balaban J connectivity index is 3.19. The summed E-state index contributed by atoms with van der Waals surface area (Å²) in [5.74, 6) is 2.35. The molecule has 0 rings (SSSR count). The van der Waals surface area contributed by atoms with Crippen LogP contribution in [0.1, 0.15) is 44.9 Å². The van der Waals surface area contributed by atoms with E-state index in [0.29, 0.717) is 19.4 Å². The van der Waals surface area contributed by atoms with Crippen molar-refractivity contribution in [2.24, 2.45) is 0 Å². The van der Waals surface area contributed by atoms with E-state index in [0.717, 1.165) is 38.4 Å². The third kappa shape index (κ3) is 10.6. The normalized spacial score (nSPS) is 9.27. The first-order valence-electron chi connectivity index (χ1n) is 5.34. The van der Waals surface area contributed by atoms with E-state index in [-0.39, 0.29) is 5.97 Å². The SMILES string of the molecule is C#CCCCCOC(=O)CCCCC=O. The van der Waals surface area contributed by atoms with Crippen molar-refractivity contribution in [3.63, 3.8) is 0 Å². The van der Waals surface area contributed by atoms with Gasteiger partial charge in [-0.25, -0.2) is 0 Å². The Hall–Kier alpha value is -1.30. The molecule has 0 aliphatic rings. The molecule has 0 aromatic carbocycles. The summed E-state index contributed by atoms with van der Waals surface area (Å²) in [6.07, 6.45) is 10.8. The van der Waals surface area contributed by atoms with Gasteiger partial charge in [0.25, 0.3) is 0 Å². The van der Waals surface area contributed by atoms with Crippen LogP contribution < -0.4 is 0 Å². The molecule has 0 aliphatic heterocycles. The van der Waals surface area contributed by atoms with Gasteiger partial charge in [-0.3, -0.25) is 4.79 Å². The van der Waals surface area contributed by atoms with E-state index in [9.17, 15) is 9.59 Å². The first-order chi connectivity index (χ1) is 7.31. The number of unbranched alkanes of at least 4 members (excludes halogenated alkanes) is 4. The molecule has 3 nitrogen and oxygen atoms in total. The summed E-state index contributed by atoms with van der Waals surface area (Å²) >= 11 is 0. The Morgan fingerprint density at radius 2 is 2.07 bits per heavy atom. The van der Waals surface area contributed by atoms with Crippen LogP contribution in [0, 0.1) is 12.3 Å². The molecule has 0 aromatic heterocycles. The van der Waals surface area contributed by atoms with Gasteiger partial charge in [-0.05, 0) is 25.7 Å². The van der Waals surface area contributed by atoms with Crippen molar-refractivity contribution in [2.75, 3.05) is 6.61 Å². The molecule has 0 unspecified atom stereocenters. The van der Waals surface area contributed by atoms with Crippen molar-refractivity contribution in [3.05, 3.63) is 0 Å². The third-order valence-electron chi connectivity index (χ3n) is 1.93. The van der Waals surface area contributed by atoms with Gasteiger partial charge in [-0.1, -0.05) is 0 Å². The second kappa shape index (κ2) is 10.8. The molecule has 84 valence electrons. The summed E-state index contributed by atoms with van der Waals surface area (Å²) < 4.78 is 4.97. The van der Waals surface area contributed by atoms with Crippen molar-refractivity contribution in [2.45, 2.75) is 44.9 Å². The minimum absolute atomic E-state index is 0.179. The molecule has 3 heteroatoms. The molecule has 0 fully saturated rings. The first kappa shape index (κ1) is 13.7. The molecule has 0 aromatic rings. The van der Waals surface area contributed by atoms with Gasteiger partial charge in [0.1, 0.15) is 6.29 Å². The first-order valence-corrected chi connectivity index (χ1v) is 5.34. The number of hydrogen-bond acceptors (Lipinski definition) is 3. The molecule has 0 aliphatic carbocycles. The van der Waals surface area contributed by atoms with Crippen molar-refractivity contribution in [1.29, 1.82) is 0 Å². The van der Waals surface area contributed by atoms with E-state index < -0.39 is 0 Å². The molecule has 0 bridgehead atoms. The lowest BCUT2D eigenvalue weighted by atomic mass is 10.2. The fraction of sp³-hybridized carbons (Fsp3) is 0.667. The van der Waals surface area contributed by atoms with Gasteiger partial charge >= 0.3 is 5.97 Å². The Morgan fingerprint density at radius 3 is 2.73 bits per heavy atom. The molecule has 0 saturated heterocycles. The summed E-state index contributed by atoms with van der Waals surface area (Å²) in [6, 6.07) is 0. The lowest BCUT2D eigenvalue weighted by molar-refractivity contribution is -0.144. The number of ether oxygens (including phenoxy) is 1. The maximum Gasteiger partial charge on any atom is 0.305 e. The lowest BCUT2D eigenvalue weighted by Crippen LogP contribution is -2.05. The van der Waals surface area contributed by atoms with Gasteiger partial charge in [0.05, 0.1) is 6.61 Å². The van der Waals surface area contributed by atoms with Gasteiger partial charge in [0.15, 0.2) is 0 Å². The highest BCUT2D eigenvalue weighted by molar-refractivity contribution is 5.69. The van der Waals surface area contributed by atoms with Crippen molar-refractivity contribution in [3.8, 4) is 12.3 Å². The average Bonchev–Trinajstić information content (AvgIpc) is 2.24. The maximum atomic E-state index is 11.1. The molecular formula is C12H18O3. The van der Waals surface area contributed by atoms with Crippen LogP contribution in [0.15, 0.2) is 0 Å². The molecule has 0 spiro atoms. The molecule has 15 heavy (non-hydrogen) atoms. The monoisotopic (exact) mass is 210 g/mol. The molecule has 0 radical (unpaired) electrons. The average molecular weight is 210 g/mol. The summed E-state index contributed by atoms with van der Waals surface area (Å²) in [5, 5.41) is 0. The van der Waals surface area contributed by atoms with Crippen LogP contribution in [0.5, 0.6) is 0 Å². The third-order valence-corrected chi connectivity index (χ3v) is 1.93. The van der Waals surface area contributed by atoms with Crippen LogP contribution >= 0.6 is 0 Å². The standard InChI is InChI=1S/C12H18O3/c1-2-3-4-8-11-15-12(14)9-6-5-7-10-13/h1,10H,3-9,11H2. The molecular weight excluding hydrogens is 192 g/mol. The predicted octanol–water partition coefficient (Wildman–Crippen LogP) is 2.09. The van der Waals surface area contributed by atoms with E-state index in [1.54, 1.807) is 0 Å². The van der Waals surface area contributed by atoms with Gasteiger partial charge in [0.2, 0.25) is 0 Å². The van der Waals surface area contributed by atoms with Crippen LogP contribution in [0.25, 0.3) is 0 Å². The van der Waals surface area contributed by atoms with Crippen LogP contribution in [-0.4, -0.2) is 18.9 Å². The van der Waals surface area contributed by atoms with Crippen molar-refractivity contribution >= 4 is 12.3 Å². The van der Waals surface area contributed by atoms with Crippen LogP contribution in [0.4, 0.5) is 0 Å². The smallest absolute Gasteiger partial charge is 0.305 e. The van der Waals surface area contributed by atoms with Gasteiger partial charge in [0, 0.05) is 19.3 Å². The Kier molecular flexibility index (Phi) is 9.84. The Labute approximate surface area is 91.2 Å². The molecule has 0 amide bonds. The summed E-state index contributed by atoms with van der Waals surface area (Å²) in [4.78, 5) is 21.1. The minimum atomic E-state index is -0.179. The number of aldehydes is 1. The fourth-order valence-electron chi connectivity index (χ4n) is 1.08. The fourth-order valence-corrected chi connectivity index (χ4v) is 1.08. The van der Waals surface area contributed by atoms with Gasteiger partial charge in [-0.2, -0.15) is 0 Å². The predicted molar refractivity (Wildman–Crippen MR) is 58.2 cm³/mol. The largest absolute Gasteiger partial charge is 0.466 e. The second-order valence-corrected chi connectivity index (χ2v) is 3.29. The molecule has 0 heterocycles. The second-order valence-electron chi connectivity index (χ2n) is 3.29. The quantitative estimate of drug-likeness (QED) is 0.253. The molecule has 0 N–H and O–H groups in total. The number of carbonyl (C=O) groups excluding carboxylic acids is 2. The number of terminal acetylenes is 1. The highest BCUT2D eigenvalue weighted by Crippen LogP contribution is 2.01. The van der Waals surface area contributed by atoms with E-state index in [1.807, 2.05) is 0 Å². The van der Waals surface area contributed by atoms with E-state index in [4.69, 9.17) is 11.2 Å². The van der Waals surface area contributed by atoms with Gasteiger partial charge in [-0.15, -0.1) is 12.3 Å². The Morgan fingerprint density at radius 1 is 1.27 bits per heavy atom. The summed E-state index contributed by atoms with van der Waals surface area (Å²) in [7, 11) is 0. The molecule has 0 atom stereocenters. The number of carbonyl (C=O) groups is 2. The van der Waals surface area contributed by atoms with Crippen LogP contribution in [0.2, 0.25) is 0 Å². The molecule has 0 saturated carbocycles. The zero-order valence-electron chi connectivity index (χ0n) is 9.04. The van der Waals surface area contributed by atoms with Gasteiger partial charge < -0.3 is 9.53 Å².